The zero-order chi connectivity index (χ0) is 18.8. The highest BCUT2D eigenvalue weighted by Gasteiger charge is 2.41. The molecule has 0 saturated carbocycles. The van der Waals surface area contributed by atoms with E-state index in [4.69, 9.17) is 14.7 Å². The lowest BCUT2D eigenvalue weighted by Gasteiger charge is -2.34. The number of ether oxygens (including phenoxy) is 2. The van der Waals surface area contributed by atoms with Gasteiger partial charge in [0.1, 0.15) is 10.5 Å². The van der Waals surface area contributed by atoms with Crippen molar-refractivity contribution in [3.63, 3.8) is 0 Å². The molecule has 1 heterocycles. The molecule has 1 aliphatic rings. The van der Waals surface area contributed by atoms with E-state index in [1.807, 2.05) is 41.5 Å². The summed E-state index contributed by atoms with van der Waals surface area (Å²) in [6, 6.07) is 7.83. The molecule has 26 heavy (non-hydrogen) atoms. The maximum absolute atomic E-state index is 12.2. The second kappa shape index (κ2) is 11.1. The number of nitrogens with one attached hydrogen (secondary N) is 1. The van der Waals surface area contributed by atoms with Crippen LogP contribution in [0.5, 0.6) is 5.75 Å². The molecule has 2 N–H and O–H groups in total. The Morgan fingerprint density at radius 1 is 1.31 bits per heavy atom. The Morgan fingerprint density at radius 2 is 2.00 bits per heavy atom. The lowest BCUT2D eigenvalue weighted by molar-refractivity contribution is -0.134. The van der Waals surface area contributed by atoms with Crippen LogP contribution in [0.3, 0.4) is 0 Å². The third-order valence-electron chi connectivity index (χ3n) is 4.61. The van der Waals surface area contributed by atoms with E-state index >= 15 is 0 Å². The number of carbonyl (C=O) groups excluding carboxylic acids is 1. The van der Waals surface area contributed by atoms with Gasteiger partial charge in [-0.15, -0.1) is 11.8 Å². The number of hydrogen-bond donors (Lipinski definition) is 2. The number of thioether (sulfide) groups is 2. The number of hydrogen-bond acceptors (Lipinski definition) is 6. The van der Waals surface area contributed by atoms with Gasteiger partial charge >= 0.3 is 0 Å². The van der Waals surface area contributed by atoms with Gasteiger partial charge in [0.15, 0.2) is 0 Å². The van der Waals surface area contributed by atoms with Gasteiger partial charge < -0.3 is 9.47 Å². The quantitative estimate of drug-likeness (QED) is 0.455. The largest absolute Gasteiger partial charge is 0.494 e. The molecule has 1 amide bonds. The van der Waals surface area contributed by atoms with Crippen molar-refractivity contribution in [3.8, 4) is 5.75 Å². The van der Waals surface area contributed by atoms with Crippen molar-refractivity contribution < 1.29 is 19.5 Å². The maximum atomic E-state index is 12.2. The molecule has 1 saturated heterocycles. The Kier molecular flexibility index (Phi) is 9.11. The molecule has 1 atom stereocenters. The molecular formula is C19H29NO4S2. The summed E-state index contributed by atoms with van der Waals surface area (Å²) in [5, 5.41) is 9.75. The van der Waals surface area contributed by atoms with Gasteiger partial charge in [-0.2, -0.15) is 11.8 Å². The van der Waals surface area contributed by atoms with Gasteiger partial charge in [-0.1, -0.05) is 13.3 Å². The second-order valence-electron chi connectivity index (χ2n) is 6.40. The van der Waals surface area contributed by atoms with Crippen LogP contribution in [0.2, 0.25) is 0 Å². The Labute approximate surface area is 164 Å². The zero-order valence-electron chi connectivity index (χ0n) is 15.5. The van der Waals surface area contributed by atoms with Crippen molar-refractivity contribution in [3.05, 3.63) is 24.3 Å². The van der Waals surface area contributed by atoms with Gasteiger partial charge in [0.25, 0.3) is 5.91 Å². The first-order chi connectivity index (χ1) is 12.6. The smallest absolute Gasteiger partial charge is 0.260 e. The fraction of sp³-hybridized carbons (Fsp3) is 0.632. The van der Waals surface area contributed by atoms with E-state index in [1.54, 1.807) is 0 Å². The summed E-state index contributed by atoms with van der Waals surface area (Å²) in [6.07, 6.45) is 6.78. The summed E-state index contributed by atoms with van der Waals surface area (Å²) < 4.78 is 10.6. The SMILES string of the molecule is CCCC(CCOc1ccc(SC2(C(=O)NO)CCOCC2)cc1)SC. The van der Waals surface area contributed by atoms with Crippen LogP contribution >= 0.6 is 23.5 Å². The third kappa shape index (κ3) is 6.08. The molecule has 146 valence electrons. The lowest BCUT2D eigenvalue weighted by Crippen LogP contribution is -2.46. The average molecular weight is 400 g/mol. The van der Waals surface area contributed by atoms with Crippen LogP contribution in [-0.4, -0.2) is 47.2 Å². The molecule has 0 aromatic heterocycles. The first-order valence-electron chi connectivity index (χ1n) is 9.10. The lowest BCUT2D eigenvalue weighted by atomic mass is 9.98. The van der Waals surface area contributed by atoms with E-state index in [1.165, 1.54) is 24.6 Å². The fourth-order valence-electron chi connectivity index (χ4n) is 3.02. The minimum Gasteiger partial charge on any atom is -0.494 e. The van der Waals surface area contributed by atoms with Crippen molar-refractivity contribution >= 4 is 29.4 Å². The number of benzene rings is 1. The third-order valence-corrected chi connectivity index (χ3v) is 7.24. The monoisotopic (exact) mass is 399 g/mol. The molecule has 2 rings (SSSR count). The molecule has 5 nitrogen and oxygen atoms in total. The van der Waals surface area contributed by atoms with Gasteiger partial charge in [-0.25, -0.2) is 5.48 Å². The topological polar surface area (TPSA) is 67.8 Å². The first kappa shape index (κ1) is 21.4. The number of carbonyl (C=O) groups is 1. The molecule has 0 aliphatic carbocycles. The zero-order valence-corrected chi connectivity index (χ0v) is 17.2. The van der Waals surface area contributed by atoms with Gasteiger partial charge in [0, 0.05) is 23.4 Å². The first-order valence-corrected chi connectivity index (χ1v) is 11.2. The van der Waals surface area contributed by atoms with Crippen LogP contribution in [0.25, 0.3) is 0 Å². The summed E-state index contributed by atoms with van der Waals surface area (Å²) in [5.41, 5.74) is 1.82. The number of hydroxylamine groups is 1. The molecular weight excluding hydrogens is 370 g/mol. The number of rotatable bonds is 10. The van der Waals surface area contributed by atoms with E-state index < -0.39 is 4.75 Å². The molecule has 1 unspecified atom stereocenters. The normalized spacial score (nSPS) is 17.5. The molecule has 7 heteroatoms. The standard InChI is InChI=1S/C19H29NO4S2/c1-3-4-16(25-2)9-12-24-15-5-7-17(8-6-15)26-19(18(21)20-22)10-13-23-14-11-19/h5-8,16,22H,3-4,9-14H2,1-2H3,(H,20,21). The molecule has 0 radical (unpaired) electrons. The van der Waals surface area contributed by atoms with E-state index in [-0.39, 0.29) is 5.91 Å². The van der Waals surface area contributed by atoms with Gasteiger partial charge in [0.2, 0.25) is 0 Å². The summed E-state index contributed by atoms with van der Waals surface area (Å²) in [7, 11) is 0. The fourth-order valence-corrected chi connectivity index (χ4v) is 5.05. The van der Waals surface area contributed by atoms with E-state index in [9.17, 15) is 4.79 Å². The molecule has 0 bridgehead atoms. The van der Waals surface area contributed by atoms with Crippen LogP contribution < -0.4 is 10.2 Å². The van der Waals surface area contributed by atoms with Crippen LogP contribution in [-0.2, 0) is 9.53 Å². The Balaban J connectivity index is 1.90. The van der Waals surface area contributed by atoms with Gasteiger partial charge in [0.05, 0.1) is 6.61 Å². The minimum atomic E-state index is -0.679. The summed E-state index contributed by atoms with van der Waals surface area (Å²) >= 11 is 3.39. The predicted octanol–water partition coefficient (Wildman–Crippen LogP) is 4.13. The molecule has 1 aromatic carbocycles. The summed E-state index contributed by atoms with van der Waals surface area (Å²) in [5.74, 6) is 0.489. The van der Waals surface area contributed by atoms with E-state index in [0.29, 0.717) is 37.9 Å². The summed E-state index contributed by atoms with van der Waals surface area (Å²) in [6.45, 7) is 3.97. The summed E-state index contributed by atoms with van der Waals surface area (Å²) in [4.78, 5) is 13.2. The van der Waals surface area contributed by atoms with Crippen molar-refractivity contribution in [2.45, 2.75) is 53.9 Å². The molecule has 1 aromatic rings. The van der Waals surface area contributed by atoms with E-state index in [0.717, 1.165) is 17.1 Å². The van der Waals surface area contributed by atoms with Gasteiger partial charge in [-0.3, -0.25) is 10.0 Å². The van der Waals surface area contributed by atoms with Crippen molar-refractivity contribution in [1.29, 1.82) is 0 Å². The molecule has 0 spiro atoms. The van der Waals surface area contributed by atoms with E-state index in [2.05, 4.69) is 13.2 Å². The van der Waals surface area contributed by atoms with Crippen molar-refractivity contribution in [2.75, 3.05) is 26.1 Å². The Morgan fingerprint density at radius 3 is 2.58 bits per heavy atom. The van der Waals surface area contributed by atoms with Crippen LogP contribution in [0, 0.1) is 0 Å². The van der Waals surface area contributed by atoms with Crippen molar-refractivity contribution in [1.82, 2.24) is 5.48 Å². The van der Waals surface area contributed by atoms with Crippen molar-refractivity contribution in [2.24, 2.45) is 0 Å². The molecule has 1 fully saturated rings. The second-order valence-corrected chi connectivity index (χ2v) is 9.00. The Hall–Kier alpha value is -0.890. The van der Waals surface area contributed by atoms with Crippen LogP contribution in [0.1, 0.15) is 39.0 Å². The molecule has 1 aliphatic heterocycles. The highest BCUT2D eigenvalue weighted by Crippen LogP contribution is 2.41. The highest BCUT2D eigenvalue weighted by molar-refractivity contribution is 8.01. The van der Waals surface area contributed by atoms with Gasteiger partial charge in [-0.05, 0) is 56.2 Å². The Bertz CT molecular complexity index is 547. The maximum Gasteiger partial charge on any atom is 0.260 e. The number of amides is 1. The minimum absolute atomic E-state index is 0.356. The average Bonchev–Trinajstić information content (AvgIpc) is 2.68. The highest BCUT2D eigenvalue weighted by atomic mass is 32.2. The van der Waals surface area contributed by atoms with Crippen LogP contribution in [0.4, 0.5) is 0 Å². The predicted molar refractivity (Wildman–Crippen MR) is 107 cm³/mol. The van der Waals surface area contributed by atoms with Crippen LogP contribution in [0.15, 0.2) is 29.2 Å².